The predicted molar refractivity (Wildman–Crippen MR) is 37.9 cm³/mol. The Kier molecular flexibility index (Phi) is 2.46. The van der Waals surface area contributed by atoms with Gasteiger partial charge in [0.15, 0.2) is 0 Å². The van der Waals surface area contributed by atoms with Gasteiger partial charge in [0.1, 0.15) is 0 Å². The first-order chi connectivity index (χ1) is 3.93. The summed E-state index contributed by atoms with van der Waals surface area (Å²) < 4.78 is 0. The Labute approximate surface area is 56.1 Å². The molecule has 0 aliphatic carbocycles. The molecule has 1 aliphatic rings. The van der Waals surface area contributed by atoms with E-state index in [-0.39, 0.29) is 0 Å². The maximum absolute atomic E-state index is 8.24. The normalized spacial score (nSPS) is 20.2. The fourth-order valence-corrected chi connectivity index (χ4v) is 2.60. The van der Waals surface area contributed by atoms with E-state index in [0.29, 0.717) is 0 Å². The van der Waals surface area contributed by atoms with E-state index in [1.54, 1.807) is 21.6 Å². The van der Waals surface area contributed by atoms with Gasteiger partial charge in [-0.05, 0) is 6.42 Å². The lowest BCUT2D eigenvalue weighted by atomic mass is 10.4. The van der Waals surface area contributed by atoms with Gasteiger partial charge in [0.25, 0.3) is 0 Å². The van der Waals surface area contributed by atoms with Crippen molar-refractivity contribution in [2.75, 3.05) is 5.75 Å². The van der Waals surface area contributed by atoms with Gasteiger partial charge in [-0.3, -0.25) is 0 Å². The van der Waals surface area contributed by atoms with Gasteiger partial charge in [0.05, 0.1) is 6.42 Å². The van der Waals surface area contributed by atoms with Gasteiger partial charge in [0, 0.05) is 16.5 Å². The first kappa shape index (κ1) is 6.20. The van der Waals surface area contributed by atoms with Crippen molar-refractivity contribution in [3.05, 3.63) is 5.53 Å². The zero-order valence-corrected chi connectivity index (χ0v) is 5.97. The van der Waals surface area contributed by atoms with Crippen LogP contribution in [0.1, 0.15) is 12.8 Å². The second-order valence-corrected chi connectivity index (χ2v) is 3.99. The lowest BCUT2D eigenvalue weighted by molar-refractivity contribution is -0.00230. The molecule has 4 heteroatoms. The Hall–Kier alpha value is 0.0800. The molecule has 0 N–H and O–H groups in total. The van der Waals surface area contributed by atoms with E-state index in [0.717, 1.165) is 17.9 Å². The van der Waals surface area contributed by atoms with E-state index >= 15 is 0 Å². The predicted octanol–water partition coefficient (Wildman–Crippen LogP) is 1.79. The van der Waals surface area contributed by atoms with Crippen LogP contribution >= 0.6 is 21.6 Å². The van der Waals surface area contributed by atoms with Crippen LogP contribution in [0.5, 0.6) is 0 Å². The molecule has 0 amide bonds. The van der Waals surface area contributed by atoms with Gasteiger partial charge in [-0.15, -0.1) is 0 Å². The maximum atomic E-state index is 8.24. The van der Waals surface area contributed by atoms with Crippen LogP contribution in [0.4, 0.5) is 0 Å². The van der Waals surface area contributed by atoms with Crippen LogP contribution in [0.25, 0.3) is 5.53 Å². The SMILES string of the molecule is [N-]=[N+]=C1CCCSS1. The zero-order valence-electron chi connectivity index (χ0n) is 4.33. The molecule has 0 aromatic carbocycles. The molecule has 0 saturated carbocycles. The molecule has 44 valence electrons. The third kappa shape index (κ3) is 1.54. The monoisotopic (exact) mass is 146 g/mol. The summed E-state index contributed by atoms with van der Waals surface area (Å²) in [6.45, 7) is 0. The summed E-state index contributed by atoms with van der Waals surface area (Å²) in [4.78, 5) is 3.11. The van der Waals surface area contributed by atoms with E-state index in [4.69, 9.17) is 5.53 Å². The molecule has 0 radical (unpaired) electrons. The van der Waals surface area contributed by atoms with Crippen LogP contribution in [0.3, 0.4) is 0 Å². The van der Waals surface area contributed by atoms with Crippen molar-refractivity contribution in [2.24, 2.45) is 0 Å². The molecular formula is C4H6N2S2. The summed E-state index contributed by atoms with van der Waals surface area (Å²) in [5.41, 5.74) is 8.24. The minimum absolute atomic E-state index is 0.862. The summed E-state index contributed by atoms with van der Waals surface area (Å²) in [7, 11) is 3.33. The highest BCUT2D eigenvalue weighted by Gasteiger charge is 2.13. The number of hydrogen-bond acceptors (Lipinski definition) is 2. The molecule has 0 aromatic rings. The van der Waals surface area contributed by atoms with Gasteiger partial charge in [-0.1, -0.05) is 10.8 Å². The summed E-state index contributed by atoms with van der Waals surface area (Å²) >= 11 is 0. The first-order valence-corrected chi connectivity index (χ1v) is 4.76. The third-order valence-corrected chi connectivity index (χ3v) is 3.37. The highest BCUT2D eigenvalue weighted by atomic mass is 33.1. The molecule has 0 unspecified atom stereocenters. The average molecular weight is 146 g/mol. The second-order valence-electron chi connectivity index (χ2n) is 1.50. The molecule has 1 saturated heterocycles. The van der Waals surface area contributed by atoms with E-state index in [2.05, 4.69) is 4.79 Å². The van der Waals surface area contributed by atoms with Crippen LogP contribution < -0.4 is 0 Å². The maximum Gasteiger partial charge on any atom is 0.336 e. The van der Waals surface area contributed by atoms with Crippen molar-refractivity contribution < 1.29 is 4.79 Å². The molecule has 2 nitrogen and oxygen atoms in total. The molecule has 1 aliphatic heterocycles. The van der Waals surface area contributed by atoms with Crippen molar-refractivity contribution >= 4 is 26.6 Å². The summed E-state index contributed by atoms with van der Waals surface area (Å²) in [5, 5.41) is 0.862. The molecular weight excluding hydrogens is 140 g/mol. The Bertz CT molecular complexity index is 120. The number of hydrogen-bond donors (Lipinski definition) is 0. The van der Waals surface area contributed by atoms with Crippen LogP contribution in [-0.4, -0.2) is 15.6 Å². The van der Waals surface area contributed by atoms with Gasteiger partial charge >= 0.3 is 5.04 Å². The van der Waals surface area contributed by atoms with E-state index in [1.165, 1.54) is 5.75 Å². The summed E-state index contributed by atoms with van der Waals surface area (Å²) in [5.74, 6) is 1.18. The fourth-order valence-electron chi connectivity index (χ4n) is 0.500. The lowest BCUT2D eigenvalue weighted by Gasteiger charge is -2.00. The third-order valence-electron chi connectivity index (χ3n) is 0.885. The standard InChI is InChI=1S/C4H6N2S2/c5-6-4-2-1-3-7-8-4/h1-3H2. The fraction of sp³-hybridized carbons (Fsp3) is 0.750. The molecule has 0 aromatic heterocycles. The van der Waals surface area contributed by atoms with Gasteiger partial charge in [0.2, 0.25) is 0 Å². The Balaban J connectivity index is 2.45. The van der Waals surface area contributed by atoms with Gasteiger partial charge in [-0.25, -0.2) is 0 Å². The average Bonchev–Trinajstić information content (AvgIpc) is 1.90. The van der Waals surface area contributed by atoms with Crippen molar-refractivity contribution in [1.82, 2.24) is 0 Å². The van der Waals surface area contributed by atoms with Crippen molar-refractivity contribution in [2.45, 2.75) is 12.8 Å². The molecule has 1 rings (SSSR count). The van der Waals surface area contributed by atoms with Crippen LogP contribution in [-0.2, 0) is 0 Å². The Morgan fingerprint density at radius 3 is 2.88 bits per heavy atom. The van der Waals surface area contributed by atoms with Crippen LogP contribution in [0, 0.1) is 0 Å². The summed E-state index contributed by atoms with van der Waals surface area (Å²) in [6, 6.07) is 0. The van der Waals surface area contributed by atoms with Gasteiger partial charge < -0.3 is 5.53 Å². The minimum Gasteiger partial charge on any atom is -0.360 e. The molecule has 1 heterocycles. The zero-order chi connectivity index (χ0) is 5.82. The van der Waals surface area contributed by atoms with Crippen LogP contribution in [0.15, 0.2) is 0 Å². The first-order valence-electron chi connectivity index (χ1n) is 2.44. The largest absolute Gasteiger partial charge is 0.360 e. The molecule has 1 fully saturated rings. The van der Waals surface area contributed by atoms with Crippen molar-refractivity contribution in [1.29, 1.82) is 0 Å². The Morgan fingerprint density at radius 1 is 1.62 bits per heavy atom. The number of nitrogens with zero attached hydrogens (tertiary/aromatic N) is 2. The van der Waals surface area contributed by atoms with Gasteiger partial charge in [-0.2, -0.15) is 4.79 Å². The topological polar surface area (TPSA) is 36.4 Å². The van der Waals surface area contributed by atoms with E-state index in [9.17, 15) is 0 Å². The lowest BCUT2D eigenvalue weighted by Crippen LogP contribution is -1.97. The van der Waals surface area contributed by atoms with Crippen molar-refractivity contribution in [3.63, 3.8) is 0 Å². The van der Waals surface area contributed by atoms with Crippen molar-refractivity contribution in [3.8, 4) is 0 Å². The summed E-state index contributed by atoms with van der Waals surface area (Å²) in [6.07, 6.45) is 2.10. The van der Waals surface area contributed by atoms with E-state index < -0.39 is 0 Å². The smallest absolute Gasteiger partial charge is 0.336 e. The molecule has 0 atom stereocenters. The molecule has 8 heavy (non-hydrogen) atoms. The Morgan fingerprint density at radius 2 is 2.50 bits per heavy atom. The van der Waals surface area contributed by atoms with Crippen LogP contribution in [0.2, 0.25) is 0 Å². The second kappa shape index (κ2) is 3.17. The number of rotatable bonds is 0. The highest BCUT2D eigenvalue weighted by molar-refractivity contribution is 8.82. The molecule has 0 spiro atoms. The minimum atomic E-state index is 0.862. The molecule has 0 bridgehead atoms. The highest BCUT2D eigenvalue weighted by Crippen LogP contribution is 2.30. The van der Waals surface area contributed by atoms with E-state index in [1.807, 2.05) is 0 Å². The quantitative estimate of drug-likeness (QED) is 0.297.